The van der Waals surface area contributed by atoms with Crippen LogP contribution in [0.2, 0.25) is 0 Å². The topological polar surface area (TPSA) is 95.2 Å². The van der Waals surface area contributed by atoms with Crippen LogP contribution >= 0.6 is 0 Å². The number of aromatic nitrogens is 3. The predicted molar refractivity (Wildman–Crippen MR) is 149 cm³/mol. The zero-order chi connectivity index (χ0) is 26.8. The number of rotatable bonds is 8. The molecular weight excluding hydrogens is 476 g/mol. The van der Waals surface area contributed by atoms with Gasteiger partial charge in [-0.25, -0.2) is 15.0 Å². The second-order valence-corrected chi connectivity index (χ2v) is 10.4. The Bertz CT molecular complexity index is 1410. The summed E-state index contributed by atoms with van der Waals surface area (Å²) in [6.45, 7) is 10.5. The molecule has 0 bridgehead atoms. The molecule has 8 heteroatoms. The van der Waals surface area contributed by atoms with Gasteiger partial charge in [-0.3, -0.25) is 4.79 Å². The first-order valence-corrected chi connectivity index (χ1v) is 13.3. The van der Waals surface area contributed by atoms with E-state index in [4.69, 9.17) is 9.72 Å². The van der Waals surface area contributed by atoms with Crippen LogP contribution in [0.1, 0.15) is 56.0 Å². The minimum atomic E-state index is 0.0378. The first-order valence-electron chi connectivity index (χ1n) is 13.3. The van der Waals surface area contributed by atoms with Crippen molar-refractivity contribution in [1.29, 1.82) is 5.26 Å². The largest absolute Gasteiger partial charge is 0.384 e. The van der Waals surface area contributed by atoms with Crippen molar-refractivity contribution in [3.05, 3.63) is 54.0 Å². The molecule has 0 spiro atoms. The van der Waals surface area contributed by atoms with E-state index in [0.29, 0.717) is 55.6 Å². The minimum Gasteiger partial charge on any atom is -0.384 e. The van der Waals surface area contributed by atoms with Gasteiger partial charge in [0.25, 0.3) is 0 Å². The van der Waals surface area contributed by atoms with Crippen molar-refractivity contribution in [3.63, 3.8) is 0 Å². The Labute approximate surface area is 224 Å². The zero-order valence-corrected chi connectivity index (χ0v) is 22.4. The van der Waals surface area contributed by atoms with Crippen LogP contribution in [0.3, 0.4) is 0 Å². The SMILES string of the molecule is C=Cc1cc(-c2cc(C#N)c(N3CCN(C(=O)CCOC)[C@H](C(C)C)C3)nc2C2CC2)c2cccnc2n1. The van der Waals surface area contributed by atoms with E-state index < -0.39 is 0 Å². The maximum atomic E-state index is 12.9. The number of nitriles is 1. The van der Waals surface area contributed by atoms with Crippen LogP contribution in [-0.4, -0.2) is 65.2 Å². The number of nitrogens with zero attached hydrogens (tertiary/aromatic N) is 6. The Morgan fingerprint density at radius 3 is 2.76 bits per heavy atom. The number of anilines is 1. The third kappa shape index (κ3) is 4.99. The molecule has 0 aromatic carbocycles. The number of carbonyl (C=O) groups excluding carboxylic acids is 1. The zero-order valence-electron chi connectivity index (χ0n) is 22.4. The third-order valence-corrected chi connectivity index (χ3v) is 7.55. The van der Waals surface area contributed by atoms with Gasteiger partial charge in [-0.05, 0) is 54.7 Å². The molecule has 1 saturated carbocycles. The van der Waals surface area contributed by atoms with E-state index in [1.165, 1.54) is 0 Å². The van der Waals surface area contributed by atoms with E-state index in [-0.39, 0.29) is 17.9 Å². The van der Waals surface area contributed by atoms with Gasteiger partial charge in [-0.15, -0.1) is 0 Å². The lowest BCUT2D eigenvalue weighted by molar-refractivity contribution is -0.135. The average molecular weight is 511 g/mol. The molecule has 5 rings (SSSR count). The van der Waals surface area contributed by atoms with E-state index >= 15 is 0 Å². The number of hydrogen-bond acceptors (Lipinski definition) is 7. The molecule has 8 nitrogen and oxygen atoms in total. The minimum absolute atomic E-state index is 0.0378. The Morgan fingerprint density at radius 2 is 2.08 bits per heavy atom. The van der Waals surface area contributed by atoms with Crippen LogP contribution in [0, 0.1) is 17.2 Å². The fourth-order valence-corrected chi connectivity index (χ4v) is 5.34. The van der Waals surface area contributed by atoms with Gasteiger partial charge in [-0.2, -0.15) is 5.26 Å². The van der Waals surface area contributed by atoms with Crippen molar-refractivity contribution in [3.8, 4) is 17.2 Å². The molecule has 3 aromatic heterocycles. The molecule has 3 aromatic rings. The van der Waals surface area contributed by atoms with Gasteiger partial charge in [0.1, 0.15) is 11.9 Å². The monoisotopic (exact) mass is 510 g/mol. The molecule has 2 aliphatic rings. The number of hydrogen-bond donors (Lipinski definition) is 0. The highest BCUT2D eigenvalue weighted by molar-refractivity contribution is 5.95. The molecule has 0 N–H and O–H groups in total. The first kappa shape index (κ1) is 25.8. The Hall–Kier alpha value is -3.83. The summed E-state index contributed by atoms with van der Waals surface area (Å²) in [7, 11) is 1.62. The highest BCUT2D eigenvalue weighted by Crippen LogP contribution is 2.46. The fourth-order valence-electron chi connectivity index (χ4n) is 5.34. The van der Waals surface area contributed by atoms with E-state index in [2.05, 4.69) is 41.4 Å². The maximum Gasteiger partial charge on any atom is 0.225 e. The lowest BCUT2D eigenvalue weighted by Crippen LogP contribution is -2.57. The van der Waals surface area contributed by atoms with Gasteiger partial charge in [0.05, 0.1) is 36.0 Å². The summed E-state index contributed by atoms with van der Waals surface area (Å²) in [6.07, 6.45) is 6.00. The summed E-state index contributed by atoms with van der Waals surface area (Å²) in [6, 6.07) is 10.4. The molecular formula is C30H34N6O2. The summed E-state index contributed by atoms with van der Waals surface area (Å²) in [5.74, 6) is 1.46. The number of pyridine rings is 3. The van der Waals surface area contributed by atoms with Crippen molar-refractivity contribution >= 4 is 28.8 Å². The van der Waals surface area contributed by atoms with E-state index in [1.807, 2.05) is 29.2 Å². The van der Waals surface area contributed by atoms with Crippen LogP contribution in [0.5, 0.6) is 0 Å². The van der Waals surface area contributed by atoms with Crippen molar-refractivity contribution in [2.45, 2.75) is 45.1 Å². The smallest absolute Gasteiger partial charge is 0.225 e. The molecule has 2 fully saturated rings. The van der Waals surface area contributed by atoms with Crippen LogP contribution in [0.15, 0.2) is 37.0 Å². The summed E-state index contributed by atoms with van der Waals surface area (Å²) < 4.78 is 5.13. The summed E-state index contributed by atoms with van der Waals surface area (Å²) >= 11 is 0. The number of fused-ring (bicyclic) bond motifs is 1. The fraction of sp³-hybridized carbons (Fsp3) is 0.433. The van der Waals surface area contributed by atoms with E-state index in [1.54, 1.807) is 19.4 Å². The molecule has 0 radical (unpaired) electrons. The normalized spacial score (nSPS) is 17.6. The van der Waals surface area contributed by atoms with Crippen molar-refractivity contribution in [2.24, 2.45) is 5.92 Å². The lowest BCUT2D eigenvalue weighted by Gasteiger charge is -2.44. The predicted octanol–water partition coefficient (Wildman–Crippen LogP) is 4.79. The van der Waals surface area contributed by atoms with Crippen molar-refractivity contribution in [1.82, 2.24) is 19.9 Å². The van der Waals surface area contributed by atoms with E-state index in [9.17, 15) is 10.1 Å². The van der Waals surface area contributed by atoms with Crippen LogP contribution < -0.4 is 4.90 Å². The first-order chi connectivity index (χ1) is 18.4. The molecule has 196 valence electrons. The van der Waals surface area contributed by atoms with Gasteiger partial charge in [0.2, 0.25) is 5.91 Å². The molecule has 0 unspecified atom stereocenters. The second-order valence-electron chi connectivity index (χ2n) is 10.4. The third-order valence-electron chi connectivity index (χ3n) is 7.55. The summed E-state index contributed by atoms with van der Waals surface area (Å²) in [5, 5.41) is 11.2. The molecule has 1 amide bonds. The molecule has 4 heterocycles. The highest BCUT2D eigenvalue weighted by Gasteiger charge is 2.35. The van der Waals surface area contributed by atoms with Crippen LogP contribution in [0.25, 0.3) is 28.2 Å². The number of methoxy groups -OCH3 is 1. The van der Waals surface area contributed by atoms with Crippen LogP contribution in [0.4, 0.5) is 5.82 Å². The highest BCUT2D eigenvalue weighted by atomic mass is 16.5. The molecule has 38 heavy (non-hydrogen) atoms. The standard InChI is InChI=1S/C30H34N6O2/c1-5-22-16-24(23-7-6-11-32-29(23)33-22)25-15-21(17-31)30(34-28(25)20-8-9-20)35-12-13-36(26(18-35)19(2)3)27(37)10-14-38-4/h5-7,11,15-16,19-20,26H,1,8-10,12-14,18H2,2-4H3/t26-/m0/s1. The van der Waals surface area contributed by atoms with Gasteiger partial charge < -0.3 is 14.5 Å². The second kappa shape index (κ2) is 10.9. The number of ether oxygens (including phenoxy) is 1. The average Bonchev–Trinajstić information content (AvgIpc) is 3.79. The molecule has 1 atom stereocenters. The Kier molecular flexibility index (Phi) is 7.39. The number of piperazine rings is 1. The van der Waals surface area contributed by atoms with Gasteiger partial charge in [-0.1, -0.05) is 20.4 Å². The molecule has 1 saturated heterocycles. The quantitative estimate of drug-likeness (QED) is 0.430. The molecule has 1 aliphatic carbocycles. The Morgan fingerprint density at radius 1 is 1.26 bits per heavy atom. The van der Waals surface area contributed by atoms with Crippen LogP contribution in [-0.2, 0) is 9.53 Å². The van der Waals surface area contributed by atoms with Gasteiger partial charge in [0, 0.05) is 49.8 Å². The van der Waals surface area contributed by atoms with E-state index in [0.717, 1.165) is 40.7 Å². The summed E-state index contributed by atoms with van der Waals surface area (Å²) in [4.78, 5) is 31.3. The van der Waals surface area contributed by atoms with Crippen molar-refractivity contribution < 1.29 is 9.53 Å². The van der Waals surface area contributed by atoms with Gasteiger partial charge >= 0.3 is 0 Å². The summed E-state index contributed by atoms with van der Waals surface area (Å²) in [5.41, 5.74) is 4.89. The van der Waals surface area contributed by atoms with Crippen molar-refractivity contribution in [2.75, 3.05) is 38.3 Å². The Balaban J connectivity index is 1.56. The number of amides is 1. The number of carbonyl (C=O) groups is 1. The molecule has 1 aliphatic heterocycles. The lowest BCUT2D eigenvalue weighted by atomic mass is 9.95. The maximum absolute atomic E-state index is 12.9. The van der Waals surface area contributed by atoms with Gasteiger partial charge in [0.15, 0.2) is 5.65 Å².